The Morgan fingerprint density at radius 2 is 2.14 bits per heavy atom. The number of hydrogen-bond acceptors (Lipinski definition) is 2. The molecule has 1 rings (SSSR count). The Hall–Kier alpha value is -1.29. The smallest absolute Gasteiger partial charge is 0.331 e. The van der Waals surface area contributed by atoms with Gasteiger partial charge in [-0.3, -0.25) is 0 Å². The fraction of sp³-hybridized carbons (Fsp3) is 0.100. The van der Waals surface area contributed by atoms with Gasteiger partial charge in [0.05, 0.1) is 0 Å². The van der Waals surface area contributed by atoms with E-state index in [1.54, 1.807) is 18.2 Å². The molecule has 0 saturated heterocycles. The zero-order chi connectivity index (χ0) is 10.6. The molecule has 2 nitrogen and oxygen atoms in total. The average molecular weight is 212 g/mol. The van der Waals surface area contributed by atoms with Crippen LogP contribution in [0.3, 0.4) is 0 Å². The van der Waals surface area contributed by atoms with Gasteiger partial charge >= 0.3 is 5.97 Å². The number of rotatable bonds is 4. The van der Waals surface area contributed by atoms with E-state index in [9.17, 15) is 9.18 Å². The van der Waals surface area contributed by atoms with E-state index >= 15 is 0 Å². The molecule has 0 aliphatic carbocycles. The molecule has 0 atom stereocenters. The molecule has 1 aromatic rings. The molecule has 1 aromatic carbocycles. The number of aliphatic carboxylic acids is 1. The highest BCUT2D eigenvalue weighted by atomic mass is 32.2. The van der Waals surface area contributed by atoms with Crippen molar-refractivity contribution < 1.29 is 14.3 Å². The van der Waals surface area contributed by atoms with Crippen molar-refractivity contribution in [2.45, 2.75) is 4.90 Å². The zero-order valence-corrected chi connectivity index (χ0v) is 8.18. The fourth-order valence-corrected chi connectivity index (χ4v) is 1.62. The Balaban J connectivity index is 2.58. The fourth-order valence-electron chi connectivity index (χ4n) is 0.788. The van der Waals surface area contributed by atoms with E-state index in [2.05, 4.69) is 6.58 Å². The van der Waals surface area contributed by atoms with E-state index < -0.39 is 5.97 Å². The first-order valence-corrected chi connectivity index (χ1v) is 4.88. The van der Waals surface area contributed by atoms with Crippen LogP contribution in [0.2, 0.25) is 0 Å². The second kappa shape index (κ2) is 4.81. The lowest BCUT2D eigenvalue weighted by Crippen LogP contribution is -2.01. The van der Waals surface area contributed by atoms with Crippen molar-refractivity contribution in [3.8, 4) is 0 Å². The van der Waals surface area contributed by atoms with Crippen molar-refractivity contribution in [1.82, 2.24) is 0 Å². The summed E-state index contributed by atoms with van der Waals surface area (Å²) in [5, 5.41) is 8.52. The highest BCUT2D eigenvalue weighted by Gasteiger charge is 2.06. The molecule has 0 saturated carbocycles. The van der Waals surface area contributed by atoms with Crippen LogP contribution < -0.4 is 0 Å². The molecule has 0 unspecified atom stereocenters. The van der Waals surface area contributed by atoms with Crippen LogP contribution in [0.4, 0.5) is 4.39 Å². The van der Waals surface area contributed by atoms with Crippen LogP contribution in [0.25, 0.3) is 0 Å². The highest BCUT2D eigenvalue weighted by Crippen LogP contribution is 2.22. The molecule has 1 N–H and O–H groups in total. The van der Waals surface area contributed by atoms with E-state index in [0.29, 0.717) is 4.90 Å². The van der Waals surface area contributed by atoms with Gasteiger partial charge in [0.25, 0.3) is 0 Å². The topological polar surface area (TPSA) is 37.3 Å². The van der Waals surface area contributed by atoms with Gasteiger partial charge < -0.3 is 5.11 Å². The lowest BCUT2D eigenvalue weighted by atomic mass is 10.3. The molecule has 0 radical (unpaired) electrons. The molecule has 0 fully saturated rings. The molecule has 0 bridgehead atoms. The molecular weight excluding hydrogens is 203 g/mol. The van der Waals surface area contributed by atoms with Gasteiger partial charge in [0.2, 0.25) is 0 Å². The molecule has 74 valence electrons. The van der Waals surface area contributed by atoms with Gasteiger partial charge in [-0.25, -0.2) is 9.18 Å². The van der Waals surface area contributed by atoms with Crippen molar-refractivity contribution in [2.24, 2.45) is 0 Å². The standard InChI is InChI=1S/C10H9FO2S/c1-7(10(12)13)6-14-9-5-3-2-4-8(9)11/h2-5H,1,6H2,(H,12,13). The summed E-state index contributed by atoms with van der Waals surface area (Å²) in [4.78, 5) is 10.8. The van der Waals surface area contributed by atoms with Crippen LogP contribution >= 0.6 is 11.8 Å². The summed E-state index contributed by atoms with van der Waals surface area (Å²) < 4.78 is 13.0. The van der Waals surface area contributed by atoms with E-state index in [4.69, 9.17) is 5.11 Å². The van der Waals surface area contributed by atoms with Gasteiger partial charge in [0, 0.05) is 16.2 Å². The van der Waals surface area contributed by atoms with Crippen molar-refractivity contribution in [2.75, 3.05) is 5.75 Å². The summed E-state index contributed by atoms with van der Waals surface area (Å²) in [5.74, 6) is -1.19. The Kier molecular flexibility index (Phi) is 3.71. The third kappa shape index (κ3) is 2.88. The minimum atomic E-state index is -1.05. The minimum Gasteiger partial charge on any atom is -0.478 e. The highest BCUT2D eigenvalue weighted by molar-refractivity contribution is 7.99. The van der Waals surface area contributed by atoms with Gasteiger partial charge in [0.1, 0.15) is 5.82 Å². The van der Waals surface area contributed by atoms with Gasteiger partial charge in [-0.1, -0.05) is 18.7 Å². The summed E-state index contributed by atoms with van der Waals surface area (Å²) in [6.07, 6.45) is 0. The molecule has 14 heavy (non-hydrogen) atoms. The Bertz CT molecular complexity index is 363. The van der Waals surface area contributed by atoms with Gasteiger partial charge in [-0.2, -0.15) is 0 Å². The number of carboxylic acids is 1. The van der Waals surface area contributed by atoms with Crippen molar-refractivity contribution in [3.05, 3.63) is 42.2 Å². The summed E-state index contributed by atoms with van der Waals surface area (Å²) in [7, 11) is 0. The predicted octanol–water partition coefficient (Wildman–Crippen LogP) is 2.56. The van der Waals surface area contributed by atoms with Crippen molar-refractivity contribution in [1.29, 1.82) is 0 Å². The molecule has 0 aliphatic heterocycles. The molecule has 0 spiro atoms. The van der Waals surface area contributed by atoms with E-state index in [0.717, 1.165) is 11.8 Å². The van der Waals surface area contributed by atoms with Crippen LogP contribution in [0.15, 0.2) is 41.3 Å². The largest absolute Gasteiger partial charge is 0.478 e. The van der Waals surface area contributed by atoms with Crippen LogP contribution in [0, 0.1) is 5.82 Å². The van der Waals surface area contributed by atoms with Gasteiger partial charge in [0.15, 0.2) is 0 Å². The number of carboxylic acid groups (broad SMARTS) is 1. The lowest BCUT2D eigenvalue weighted by molar-refractivity contribution is -0.132. The SMILES string of the molecule is C=C(CSc1ccccc1F)C(=O)O. The first-order chi connectivity index (χ1) is 6.61. The molecule has 0 aromatic heterocycles. The van der Waals surface area contributed by atoms with Gasteiger partial charge in [-0.05, 0) is 12.1 Å². The first-order valence-electron chi connectivity index (χ1n) is 3.89. The van der Waals surface area contributed by atoms with Gasteiger partial charge in [-0.15, -0.1) is 11.8 Å². The molecule has 4 heteroatoms. The van der Waals surface area contributed by atoms with Crippen LogP contribution in [-0.2, 0) is 4.79 Å². The van der Waals surface area contributed by atoms with Crippen LogP contribution in [0.1, 0.15) is 0 Å². The van der Waals surface area contributed by atoms with Crippen LogP contribution in [0.5, 0.6) is 0 Å². The first kappa shape index (κ1) is 10.8. The monoisotopic (exact) mass is 212 g/mol. The Morgan fingerprint density at radius 1 is 1.50 bits per heavy atom. The molecule has 0 heterocycles. The van der Waals surface area contributed by atoms with Crippen molar-refractivity contribution in [3.63, 3.8) is 0 Å². The Labute approximate surface area is 85.4 Å². The van der Waals surface area contributed by atoms with E-state index in [1.807, 2.05) is 0 Å². The summed E-state index contributed by atoms with van der Waals surface area (Å²) in [6.45, 7) is 3.36. The quantitative estimate of drug-likeness (QED) is 0.615. The number of benzene rings is 1. The second-order valence-electron chi connectivity index (χ2n) is 2.63. The molecule has 0 aliphatic rings. The summed E-state index contributed by atoms with van der Waals surface area (Å²) in [6, 6.07) is 6.24. The number of halogens is 1. The maximum absolute atomic E-state index is 13.0. The predicted molar refractivity (Wildman–Crippen MR) is 53.9 cm³/mol. The number of carbonyl (C=O) groups is 1. The maximum Gasteiger partial charge on any atom is 0.331 e. The van der Waals surface area contributed by atoms with Crippen molar-refractivity contribution >= 4 is 17.7 Å². The Morgan fingerprint density at radius 3 is 2.71 bits per heavy atom. The molecule has 0 amide bonds. The number of thioether (sulfide) groups is 1. The maximum atomic E-state index is 13.0. The third-order valence-corrected chi connectivity index (χ3v) is 2.68. The van der Waals surface area contributed by atoms with Crippen LogP contribution in [-0.4, -0.2) is 16.8 Å². The zero-order valence-electron chi connectivity index (χ0n) is 7.37. The average Bonchev–Trinajstić information content (AvgIpc) is 2.16. The summed E-state index contributed by atoms with van der Waals surface area (Å²) in [5.41, 5.74) is 0.0678. The van der Waals surface area contributed by atoms with E-state index in [1.165, 1.54) is 6.07 Å². The second-order valence-corrected chi connectivity index (χ2v) is 3.64. The third-order valence-electron chi connectivity index (χ3n) is 1.54. The molecular formula is C10H9FO2S. The lowest BCUT2D eigenvalue weighted by Gasteiger charge is -2.01. The summed E-state index contributed by atoms with van der Waals surface area (Å²) >= 11 is 1.13. The number of hydrogen-bond donors (Lipinski definition) is 1. The minimum absolute atomic E-state index is 0.0678. The van der Waals surface area contributed by atoms with E-state index in [-0.39, 0.29) is 17.1 Å². The normalized spacial score (nSPS) is 9.79.